The van der Waals surface area contributed by atoms with Gasteiger partial charge in [-0.3, -0.25) is 9.52 Å². The van der Waals surface area contributed by atoms with Crippen molar-refractivity contribution in [3.05, 3.63) is 102 Å². The zero-order valence-corrected chi connectivity index (χ0v) is 18.5. The largest absolute Gasteiger partial charge is 0.361 e. The van der Waals surface area contributed by atoms with E-state index in [0.717, 1.165) is 22.0 Å². The van der Waals surface area contributed by atoms with Crippen molar-refractivity contribution in [3.63, 3.8) is 0 Å². The Morgan fingerprint density at radius 2 is 1.72 bits per heavy atom. The molecule has 0 aliphatic heterocycles. The zero-order chi connectivity index (χ0) is 22.6. The molecule has 4 rings (SSSR count). The van der Waals surface area contributed by atoms with Gasteiger partial charge < -0.3 is 10.3 Å². The van der Waals surface area contributed by atoms with Crippen LogP contribution in [0.1, 0.15) is 34.3 Å². The number of anilines is 1. The summed E-state index contributed by atoms with van der Waals surface area (Å²) in [5.74, 6) is -0.339. The highest BCUT2D eigenvalue weighted by molar-refractivity contribution is 7.92. The molecule has 0 spiro atoms. The fourth-order valence-corrected chi connectivity index (χ4v) is 4.38. The van der Waals surface area contributed by atoms with Gasteiger partial charge in [0.2, 0.25) is 10.0 Å². The molecular formula is C25H25N3O3S. The molecule has 1 unspecified atom stereocenters. The van der Waals surface area contributed by atoms with E-state index in [1.54, 1.807) is 31.2 Å². The number of para-hydroxylation sites is 1. The van der Waals surface area contributed by atoms with Gasteiger partial charge >= 0.3 is 0 Å². The maximum Gasteiger partial charge on any atom is 0.251 e. The lowest BCUT2D eigenvalue weighted by Gasteiger charge is -2.18. The molecule has 1 atom stereocenters. The number of hydrogen-bond acceptors (Lipinski definition) is 3. The van der Waals surface area contributed by atoms with Crippen LogP contribution in [0.25, 0.3) is 10.9 Å². The van der Waals surface area contributed by atoms with Crippen LogP contribution in [0.15, 0.2) is 85.1 Å². The average Bonchev–Trinajstić information content (AvgIpc) is 3.24. The van der Waals surface area contributed by atoms with Crippen LogP contribution in [0.2, 0.25) is 0 Å². The Morgan fingerprint density at radius 1 is 0.969 bits per heavy atom. The molecule has 3 aromatic carbocycles. The number of hydrogen-bond donors (Lipinski definition) is 3. The van der Waals surface area contributed by atoms with E-state index in [9.17, 15) is 13.2 Å². The minimum Gasteiger partial charge on any atom is -0.361 e. The third kappa shape index (κ3) is 4.84. The van der Waals surface area contributed by atoms with Crippen molar-refractivity contribution in [2.24, 2.45) is 0 Å². The van der Waals surface area contributed by atoms with Crippen LogP contribution in [-0.4, -0.2) is 31.6 Å². The minimum absolute atomic E-state index is 0.0349. The van der Waals surface area contributed by atoms with Crippen LogP contribution >= 0.6 is 0 Å². The fraction of sp³-hybridized carbons (Fsp3) is 0.160. The van der Waals surface area contributed by atoms with Crippen molar-refractivity contribution in [3.8, 4) is 0 Å². The second-order valence-corrected chi connectivity index (χ2v) is 9.56. The Kier molecular flexibility index (Phi) is 6.28. The Labute approximate surface area is 187 Å². The number of amides is 1. The van der Waals surface area contributed by atoms with E-state index in [-0.39, 0.29) is 17.6 Å². The van der Waals surface area contributed by atoms with E-state index in [1.807, 2.05) is 42.6 Å². The highest BCUT2D eigenvalue weighted by Gasteiger charge is 2.19. The van der Waals surface area contributed by atoms with Gasteiger partial charge in [-0.2, -0.15) is 0 Å². The monoisotopic (exact) mass is 447 g/mol. The summed E-state index contributed by atoms with van der Waals surface area (Å²) in [5.41, 5.74) is 4.02. The van der Waals surface area contributed by atoms with Gasteiger partial charge in [0.25, 0.3) is 5.91 Å². The van der Waals surface area contributed by atoms with Crippen molar-refractivity contribution in [2.75, 3.05) is 17.0 Å². The second-order valence-electron chi connectivity index (χ2n) is 7.55. The SMILES string of the molecule is CCS(=O)(=O)Nc1cccc(C(=O)NCC(c2ccccc2)c2c[nH]c3ccccc23)c1. The highest BCUT2D eigenvalue weighted by atomic mass is 32.2. The fourth-order valence-electron chi connectivity index (χ4n) is 3.75. The standard InChI is InChI=1S/C25H25N3O3S/c1-2-32(30,31)28-20-12-8-11-19(15-20)25(29)27-16-22(18-9-4-3-5-10-18)23-17-26-24-14-7-6-13-21(23)24/h3-15,17,22,26,28H,2,16H2,1H3,(H,27,29). The summed E-state index contributed by atoms with van der Waals surface area (Å²) in [6.45, 7) is 1.96. The number of carbonyl (C=O) groups excluding carboxylic acids is 1. The molecule has 7 heteroatoms. The molecule has 1 amide bonds. The summed E-state index contributed by atoms with van der Waals surface area (Å²) in [5, 5.41) is 4.14. The molecule has 32 heavy (non-hydrogen) atoms. The van der Waals surface area contributed by atoms with Crippen LogP contribution in [0, 0.1) is 0 Å². The molecule has 0 aliphatic carbocycles. The lowest BCUT2D eigenvalue weighted by Crippen LogP contribution is -2.29. The van der Waals surface area contributed by atoms with Gasteiger partial charge in [-0.15, -0.1) is 0 Å². The topological polar surface area (TPSA) is 91.1 Å². The number of aromatic nitrogens is 1. The number of rotatable bonds is 8. The Bertz CT molecular complexity index is 1330. The van der Waals surface area contributed by atoms with E-state index in [4.69, 9.17) is 0 Å². The van der Waals surface area contributed by atoms with Gasteiger partial charge in [0.1, 0.15) is 0 Å². The third-order valence-electron chi connectivity index (χ3n) is 5.44. The number of H-pyrrole nitrogens is 1. The number of nitrogens with one attached hydrogen (secondary N) is 3. The molecule has 3 N–H and O–H groups in total. The molecule has 0 fully saturated rings. The molecular weight excluding hydrogens is 422 g/mol. The molecule has 0 saturated carbocycles. The number of carbonyl (C=O) groups is 1. The first kappa shape index (κ1) is 21.6. The normalized spacial score (nSPS) is 12.4. The quantitative estimate of drug-likeness (QED) is 0.372. The van der Waals surface area contributed by atoms with E-state index >= 15 is 0 Å². The molecule has 6 nitrogen and oxygen atoms in total. The molecule has 4 aromatic rings. The summed E-state index contributed by atoms with van der Waals surface area (Å²) in [7, 11) is -3.41. The summed E-state index contributed by atoms with van der Waals surface area (Å²) >= 11 is 0. The van der Waals surface area contributed by atoms with Crippen molar-refractivity contribution in [1.29, 1.82) is 0 Å². The van der Waals surface area contributed by atoms with E-state index < -0.39 is 10.0 Å². The maximum atomic E-state index is 12.9. The van der Waals surface area contributed by atoms with Crippen LogP contribution in [-0.2, 0) is 10.0 Å². The van der Waals surface area contributed by atoms with Gasteiger partial charge in [-0.25, -0.2) is 8.42 Å². The Hall–Kier alpha value is -3.58. The van der Waals surface area contributed by atoms with Gasteiger partial charge in [-0.05, 0) is 42.3 Å². The van der Waals surface area contributed by atoms with Crippen LogP contribution in [0.5, 0.6) is 0 Å². The van der Waals surface area contributed by atoms with Crippen molar-refractivity contribution in [1.82, 2.24) is 10.3 Å². The molecule has 164 valence electrons. The third-order valence-corrected chi connectivity index (χ3v) is 6.75. The van der Waals surface area contributed by atoms with Crippen LogP contribution in [0.3, 0.4) is 0 Å². The molecule has 0 radical (unpaired) electrons. The van der Waals surface area contributed by atoms with E-state index in [0.29, 0.717) is 17.8 Å². The summed E-state index contributed by atoms with van der Waals surface area (Å²) in [6.07, 6.45) is 1.99. The second kappa shape index (κ2) is 9.28. The summed E-state index contributed by atoms with van der Waals surface area (Å²) in [6, 6.07) is 24.7. The maximum absolute atomic E-state index is 12.9. The Morgan fingerprint density at radius 3 is 2.50 bits per heavy atom. The summed E-state index contributed by atoms with van der Waals surface area (Å²) in [4.78, 5) is 16.2. The number of benzene rings is 3. The van der Waals surface area contributed by atoms with Gasteiger partial charge in [0.15, 0.2) is 0 Å². The first-order valence-corrected chi connectivity index (χ1v) is 12.1. The molecule has 1 heterocycles. The van der Waals surface area contributed by atoms with Crippen LogP contribution < -0.4 is 10.0 Å². The predicted molar refractivity (Wildman–Crippen MR) is 128 cm³/mol. The lowest BCUT2D eigenvalue weighted by molar-refractivity contribution is 0.0952. The van der Waals surface area contributed by atoms with Crippen LogP contribution in [0.4, 0.5) is 5.69 Å². The number of sulfonamides is 1. The van der Waals surface area contributed by atoms with Gasteiger partial charge in [-0.1, -0.05) is 54.6 Å². The van der Waals surface area contributed by atoms with Crippen molar-refractivity contribution in [2.45, 2.75) is 12.8 Å². The van der Waals surface area contributed by atoms with Gasteiger partial charge in [0.05, 0.1) is 5.75 Å². The first-order valence-electron chi connectivity index (χ1n) is 10.5. The van der Waals surface area contributed by atoms with Crippen molar-refractivity contribution >= 4 is 32.5 Å². The van der Waals surface area contributed by atoms with E-state index in [2.05, 4.69) is 33.2 Å². The predicted octanol–water partition coefficient (Wildman–Crippen LogP) is 4.49. The molecule has 0 aliphatic rings. The zero-order valence-electron chi connectivity index (χ0n) is 17.7. The van der Waals surface area contributed by atoms with Crippen molar-refractivity contribution < 1.29 is 13.2 Å². The number of fused-ring (bicyclic) bond motifs is 1. The Balaban J connectivity index is 1.57. The molecule has 1 aromatic heterocycles. The van der Waals surface area contributed by atoms with Gasteiger partial charge in [0, 0.05) is 40.8 Å². The smallest absolute Gasteiger partial charge is 0.251 e. The summed E-state index contributed by atoms with van der Waals surface area (Å²) < 4.78 is 26.2. The highest BCUT2D eigenvalue weighted by Crippen LogP contribution is 2.30. The number of aromatic amines is 1. The van der Waals surface area contributed by atoms with E-state index in [1.165, 1.54) is 0 Å². The lowest BCUT2D eigenvalue weighted by atomic mass is 9.91. The molecule has 0 bridgehead atoms. The first-order chi connectivity index (χ1) is 15.5. The average molecular weight is 448 g/mol. The minimum atomic E-state index is -3.41. The molecule has 0 saturated heterocycles.